The lowest BCUT2D eigenvalue weighted by molar-refractivity contribution is 1.13. The van der Waals surface area contributed by atoms with Crippen LogP contribution in [0.15, 0.2) is 48.5 Å². The molecule has 0 spiro atoms. The highest BCUT2D eigenvalue weighted by Gasteiger charge is 2.03. The van der Waals surface area contributed by atoms with E-state index < -0.39 is 0 Å². The average Bonchev–Trinajstić information content (AvgIpc) is 2.73. The molecule has 0 radical (unpaired) electrons. The standard InChI is InChI=1S/C14H13N3/c15-14-12-9-11(6-7-13(12)16-17-14)8-10-4-2-1-3-5-10/h1-7,9H,8H2,(H3,15,16,17). The summed E-state index contributed by atoms with van der Waals surface area (Å²) in [6.45, 7) is 0. The van der Waals surface area contributed by atoms with Crippen molar-refractivity contribution in [2.75, 3.05) is 5.73 Å². The molecule has 0 saturated heterocycles. The molecule has 0 aliphatic rings. The zero-order chi connectivity index (χ0) is 11.7. The first-order valence-corrected chi connectivity index (χ1v) is 5.59. The van der Waals surface area contributed by atoms with Gasteiger partial charge in [-0.15, -0.1) is 0 Å². The molecule has 0 saturated carbocycles. The number of anilines is 1. The van der Waals surface area contributed by atoms with Crippen molar-refractivity contribution in [3.8, 4) is 0 Å². The molecule has 1 heterocycles. The molecule has 0 atom stereocenters. The molecule has 1 aromatic heterocycles. The first-order chi connectivity index (χ1) is 8.33. The number of nitrogens with two attached hydrogens (primary N) is 1. The molecule has 84 valence electrons. The summed E-state index contributed by atoms with van der Waals surface area (Å²) < 4.78 is 0. The number of nitrogen functional groups attached to an aromatic ring is 1. The van der Waals surface area contributed by atoms with E-state index in [1.807, 2.05) is 12.1 Å². The number of nitrogens with one attached hydrogen (secondary N) is 1. The van der Waals surface area contributed by atoms with Gasteiger partial charge < -0.3 is 5.73 Å². The van der Waals surface area contributed by atoms with Gasteiger partial charge >= 0.3 is 0 Å². The van der Waals surface area contributed by atoms with E-state index in [9.17, 15) is 0 Å². The number of aromatic nitrogens is 2. The molecule has 0 aliphatic heterocycles. The minimum absolute atomic E-state index is 0.565. The summed E-state index contributed by atoms with van der Waals surface area (Å²) in [4.78, 5) is 0. The number of hydrogen-bond acceptors (Lipinski definition) is 2. The van der Waals surface area contributed by atoms with Gasteiger partial charge in [0.1, 0.15) is 0 Å². The molecular weight excluding hydrogens is 210 g/mol. The van der Waals surface area contributed by atoms with E-state index in [0.717, 1.165) is 17.3 Å². The maximum atomic E-state index is 5.80. The monoisotopic (exact) mass is 223 g/mol. The van der Waals surface area contributed by atoms with Gasteiger partial charge in [0.25, 0.3) is 0 Å². The van der Waals surface area contributed by atoms with Crippen LogP contribution in [0.4, 0.5) is 5.82 Å². The summed E-state index contributed by atoms with van der Waals surface area (Å²) in [5.74, 6) is 0.565. The second-order valence-corrected chi connectivity index (χ2v) is 4.15. The van der Waals surface area contributed by atoms with Crippen molar-refractivity contribution in [3.05, 3.63) is 59.7 Å². The second-order valence-electron chi connectivity index (χ2n) is 4.15. The minimum atomic E-state index is 0.565. The Morgan fingerprint density at radius 2 is 1.82 bits per heavy atom. The highest BCUT2D eigenvalue weighted by atomic mass is 15.1. The maximum Gasteiger partial charge on any atom is 0.153 e. The Kier molecular flexibility index (Phi) is 2.29. The van der Waals surface area contributed by atoms with Crippen LogP contribution in [0.3, 0.4) is 0 Å². The zero-order valence-electron chi connectivity index (χ0n) is 9.35. The third kappa shape index (κ3) is 1.87. The van der Waals surface area contributed by atoms with Crippen molar-refractivity contribution in [1.29, 1.82) is 0 Å². The van der Waals surface area contributed by atoms with Crippen LogP contribution in [0, 0.1) is 0 Å². The molecule has 0 amide bonds. The summed E-state index contributed by atoms with van der Waals surface area (Å²) in [6, 6.07) is 16.6. The summed E-state index contributed by atoms with van der Waals surface area (Å²) in [6.07, 6.45) is 0.918. The van der Waals surface area contributed by atoms with Crippen molar-refractivity contribution in [2.45, 2.75) is 6.42 Å². The van der Waals surface area contributed by atoms with Gasteiger partial charge in [0, 0.05) is 5.39 Å². The molecule has 0 fully saturated rings. The van der Waals surface area contributed by atoms with Crippen LogP contribution < -0.4 is 5.73 Å². The van der Waals surface area contributed by atoms with Crippen LogP contribution in [-0.4, -0.2) is 10.2 Å². The number of rotatable bonds is 2. The Labute approximate surface area is 99.3 Å². The van der Waals surface area contributed by atoms with Gasteiger partial charge in [0.05, 0.1) is 5.52 Å². The minimum Gasteiger partial charge on any atom is -0.382 e. The molecule has 3 rings (SSSR count). The fraction of sp³-hybridized carbons (Fsp3) is 0.0714. The lowest BCUT2D eigenvalue weighted by Gasteiger charge is -2.02. The van der Waals surface area contributed by atoms with Crippen LogP contribution in [0.25, 0.3) is 10.9 Å². The van der Waals surface area contributed by atoms with Crippen LogP contribution in [0.2, 0.25) is 0 Å². The molecule has 0 bridgehead atoms. The summed E-state index contributed by atoms with van der Waals surface area (Å²) in [5.41, 5.74) is 9.33. The van der Waals surface area contributed by atoms with Crippen LogP contribution >= 0.6 is 0 Å². The van der Waals surface area contributed by atoms with Crippen LogP contribution in [0.1, 0.15) is 11.1 Å². The van der Waals surface area contributed by atoms with Crippen molar-refractivity contribution >= 4 is 16.7 Å². The molecule has 0 unspecified atom stereocenters. The predicted molar refractivity (Wildman–Crippen MR) is 69.8 cm³/mol. The third-order valence-electron chi connectivity index (χ3n) is 2.91. The van der Waals surface area contributed by atoms with E-state index in [4.69, 9.17) is 5.73 Å². The fourth-order valence-electron chi connectivity index (χ4n) is 2.02. The predicted octanol–water partition coefficient (Wildman–Crippen LogP) is 2.74. The smallest absolute Gasteiger partial charge is 0.153 e. The molecule has 17 heavy (non-hydrogen) atoms. The van der Waals surface area contributed by atoms with Gasteiger partial charge in [-0.2, -0.15) is 5.10 Å². The Morgan fingerprint density at radius 1 is 1.00 bits per heavy atom. The third-order valence-corrected chi connectivity index (χ3v) is 2.91. The average molecular weight is 223 g/mol. The quantitative estimate of drug-likeness (QED) is 0.701. The molecule has 2 aromatic carbocycles. The van der Waals surface area contributed by atoms with Crippen molar-refractivity contribution in [2.24, 2.45) is 0 Å². The number of aromatic amines is 1. The number of hydrogen-bond donors (Lipinski definition) is 2. The second kappa shape index (κ2) is 3.94. The van der Waals surface area contributed by atoms with E-state index in [0.29, 0.717) is 5.82 Å². The number of fused-ring (bicyclic) bond motifs is 1. The molecule has 3 aromatic rings. The largest absolute Gasteiger partial charge is 0.382 e. The topological polar surface area (TPSA) is 54.7 Å². The maximum absolute atomic E-state index is 5.80. The first kappa shape index (κ1) is 9.90. The first-order valence-electron chi connectivity index (χ1n) is 5.59. The molecule has 0 aliphatic carbocycles. The number of H-pyrrole nitrogens is 1. The van der Waals surface area contributed by atoms with Gasteiger partial charge in [0.2, 0.25) is 0 Å². The lowest BCUT2D eigenvalue weighted by atomic mass is 10.0. The normalized spacial score (nSPS) is 10.8. The Balaban J connectivity index is 1.98. The summed E-state index contributed by atoms with van der Waals surface area (Å²) in [7, 11) is 0. The van der Waals surface area contributed by atoms with Crippen LogP contribution in [0.5, 0.6) is 0 Å². The fourth-order valence-corrected chi connectivity index (χ4v) is 2.02. The molecule has 3 N–H and O–H groups in total. The van der Waals surface area contributed by atoms with Gasteiger partial charge in [-0.3, -0.25) is 5.10 Å². The molecular formula is C14H13N3. The molecule has 3 nitrogen and oxygen atoms in total. The summed E-state index contributed by atoms with van der Waals surface area (Å²) in [5, 5.41) is 7.90. The van der Waals surface area contributed by atoms with E-state index in [1.54, 1.807) is 0 Å². The number of benzene rings is 2. The van der Waals surface area contributed by atoms with Gasteiger partial charge in [0.15, 0.2) is 5.82 Å². The highest BCUT2D eigenvalue weighted by molar-refractivity contribution is 5.89. The number of nitrogens with zero attached hydrogens (tertiary/aromatic N) is 1. The Hall–Kier alpha value is -2.29. The van der Waals surface area contributed by atoms with E-state index in [1.165, 1.54) is 11.1 Å². The van der Waals surface area contributed by atoms with Gasteiger partial charge in [-0.1, -0.05) is 36.4 Å². The van der Waals surface area contributed by atoms with E-state index >= 15 is 0 Å². The highest BCUT2D eigenvalue weighted by Crippen LogP contribution is 2.20. The lowest BCUT2D eigenvalue weighted by Crippen LogP contribution is -1.88. The molecule has 3 heteroatoms. The summed E-state index contributed by atoms with van der Waals surface area (Å²) >= 11 is 0. The van der Waals surface area contributed by atoms with Gasteiger partial charge in [-0.05, 0) is 29.7 Å². The Morgan fingerprint density at radius 3 is 2.65 bits per heavy atom. The van der Waals surface area contributed by atoms with E-state index in [-0.39, 0.29) is 0 Å². The Bertz CT molecular complexity index is 641. The zero-order valence-corrected chi connectivity index (χ0v) is 9.35. The van der Waals surface area contributed by atoms with E-state index in [2.05, 4.69) is 46.6 Å². The van der Waals surface area contributed by atoms with Crippen molar-refractivity contribution in [3.63, 3.8) is 0 Å². The van der Waals surface area contributed by atoms with Crippen LogP contribution in [-0.2, 0) is 6.42 Å². The van der Waals surface area contributed by atoms with Gasteiger partial charge in [-0.25, -0.2) is 0 Å². The van der Waals surface area contributed by atoms with Crippen molar-refractivity contribution < 1.29 is 0 Å². The SMILES string of the molecule is Nc1n[nH]c2ccc(Cc3ccccc3)cc12. The van der Waals surface area contributed by atoms with Crippen molar-refractivity contribution in [1.82, 2.24) is 10.2 Å².